The Morgan fingerprint density at radius 1 is 1.08 bits per heavy atom. The number of alkyl halides is 6. The number of benzene rings is 1. The Kier molecular flexibility index (Phi) is 5.41. The second-order valence-electron chi connectivity index (χ2n) is 4.70. The Balaban J connectivity index is 2.75. The maximum absolute atomic E-state index is 12.8. The number of rotatable bonds is 2. The minimum absolute atomic E-state index is 0.274. The summed E-state index contributed by atoms with van der Waals surface area (Å²) in [6.07, 6.45) is -8.73. The third-order valence-corrected chi connectivity index (χ3v) is 4.22. The summed E-state index contributed by atoms with van der Waals surface area (Å²) in [6.45, 7) is 0. The highest BCUT2D eigenvalue weighted by Crippen LogP contribution is 2.39. The summed E-state index contributed by atoms with van der Waals surface area (Å²) in [5.41, 5.74) is -4.06. The molecular weight excluding hydrogens is 462 g/mol. The predicted molar refractivity (Wildman–Crippen MR) is 87.4 cm³/mol. The summed E-state index contributed by atoms with van der Waals surface area (Å²) in [7, 11) is 0. The van der Waals surface area contributed by atoms with Gasteiger partial charge in [-0.05, 0) is 28.1 Å². The van der Waals surface area contributed by atoms with Gasteiger partial charge in [-0.1, -0.05) is 24.4 Å². The van der Waals surface area contributed by atoms with Crippen LogP contribution in [0.1, 0.15) is 11.1 Å². The second-order valence-corrected chi connectivity index (χ2v) is 6.19. The van der Waals surface area contributed by atoms with E-state index in [1.54, 1.807) is 0 Å². The summed E-state index contributed by atoms with van der Waals surface area (Å²) in [5, 5.41) is -0.500. The Labute approximate surface area is 155 Å². The fourth-order valence-electron chi connectivity index (χ4n) is 1.99. The fraction of sp³-hybridized carbons (Fsp3) is 0.154. The summed E-state index contributed by atoms with van der Waals surface area (Å²) in [5.74, 6) is 0. The van der Waals surface area contributed by atoms with Gasteiger partial charge < -0.3 is 4.72 Å². The highest BCUT2D eigenvalue weighted by Gasteiger charge is 2.35. The molecule has 0 aliphatic carbocycles. The zero-order valence-corrected chi connectivity index (χ0v) is 14.9. The molecule has 1 N–H and O–H groups in total. The molecule has 0 aliphatic heterocycles. The van der Waals surface area contributed by atoms with Crippen molar-refractivity contribution in [3.05, 3.63) is 55.4 Å². The van der Waals surface area contributed by atoms with Crippen LogP contribution in [0.2, 0.25) is 5.02 Å². The number of nitrogens with zero attached hydrogens (tertiary/aromatic N) is 1. The molecule has 0 saturated heterocycles. The molecule has 0 spiro atoms. The average molecular weight is 468 g/mol. The molecular formula is C13H6BrClF6N2OS. The molecule has 12 heteroatoms. The maximum Gasteiger partial charge on any atom is 0.417 e. The first-order valence-electron chi connectivity index (χ1n) is 6.17. The number of aromatic nitrogens is 1. The molecule has 2 aromatic rings. The average Bonchev–Trinajstić information content (AvgIpc) is 2.46. The van der Waals surface area contributed by atoms with Gasteiger partial charge in [-0.3, -0.25) is 9.36 Å². The molecule has 0 radical (unpaired) electrons. The lowest BCUT2D eigenvalue weighted by Crippen LogP contribution is -2.22. The van der Waals surface area contributed by atoms with E-state index in [9.17, 15) is 31.1 Å². The van der Waals surface area contributed by atoms with Crippen molar-refractivity contribution in [2.45, 2.75) is 12.4 Å². The van der Waals surface area contributed by atoms with Gasteiger partial charge in [-0.2, -0.15) is 26.3 Å². The normalized spacial score (nSPS) is 12.4. The first-order valence-corrected chi connectivity index (χ1v) is 7.78. The van der Waals surface area contributed by atoms with Crippen LogP contribution >= 0.6 is 40.3 Å². The summed E-state index contributed by atoms with van der Waals surface area (Å²) in [6, 6.07) is 1.50. The molecule has 0 fully saturated rings. The van der Waals surface area contributed by atoms with E-state index >= 15 is 0 Å². The van der Waals surface area contributed by atoms with Gasteiger partial charge in [0.2, 0.25) is 0 Å². The van der Waals surface area contributed by atoms with Crippen LogP contribution < -0.4 is 10.3 Å². The molecule has 136 valence electrons. The van der Waals surface area contributed by atoms with Crippen molar-refractivity contribution in [2.24, 2.45) is 0 Å². The molecule has 0 aliphatic rings. The minimum atomic E-state index is -4.79. The van der Waals surface area contributed by atoms with Crippen LogP contribution in [0.5, 0.6) is 0 Å². The standard InChI is InChI=1S/C13H6BrClF6N2OS/c14-7-4-23(10(24)3-6(7)13(19,20)21)11-8(15)1-5(12(16,17)18)2-9(11)22-25/h1-4,22,25H. The van der Waals surface area contributed by atoms with E-state index in [1.165, 1.54) is 0 Å². The Hall–Kier alpha value is -1.33. The second kappa shape index (κ2) is 6.76. The molecule has 1 aromatic heterocycles. The highest BCUT2D eigenvalue weighted by molar-refractivity contribution is 9.10. The SMILES string of the molecule is O=c1cc(C(F)(F)F)c(Br)cn1-c1c(Cl)cc(C(F)(F)F)cc1NS. The minimum Gasteiger partial charge on any atom is -0.331 e. The molecule has 1 aromatic carbocycles. The molecule has 0 amide bonds. The molecule has 1 heterocycles. The predicted octanol–water partition coefficient (Wildman–Crippen LogP) is 5.55. The Bertz CT molecular complexity index is 881. The number of thiol groups is 1. The van der Waals surface area contributed by atoms with Crippen molar-refractivity contribution < 1.29 is 26.3 Å². The first kappa shape index (κ1) is 20.0. The van der Waals surface area contributed by atoms with Crippen molar-refractivity contribution in [3.8, 4) is 5.69 Å². The van der Waals surface area contributed by atoms with Gasteiger partial charge in [0.15, 0.2) is 0 Å². The number of hydrogen-bond acceptors (Lipinski definition) is 3. The Morgan fingerprint density at radius 2 is 1.68 bits per heavy atom. The van der Waals surface area contributed by atoms with Crippen molar-refractivity contribution in [1.29, 1.82) is 0 Å². The summed E-state index contributed by atoms with van der Waals surface area (Å²) in [4.78, 5) is 12.1. The number of hydrogen-bond donors (Lipinski definition) is 2. The molecule has 3 nitrogen and oxygen atoms in total. The fourth-order valence-corrected chi connectivity index (χ4v) is 3.02. The van der Waals surface area contributed by atoms with E-state index in [-0.39, 0.29) is 11.4 Å². The van der Waals surface area contributed by atoms with Crippen LogP contribution in [-0.4, -0.2) is 4.57 Å². The number of halogens is 8. The van der Waals surface area contributed by atoms with Crippen LogP contribution in [0.4, 0.5) is 32.0 Å². The van der Waals surface area contributed by atoms with Crippen LogP contribution in [0, 0.1) is 0 Å². The van der Waals surface area contributed by atoms with Gasteiger partial charge in [0, 0.05) is 16.7 Å². The molecule has 0 bridgehead atoms. The molecule has 0 unspecified atom stereocenters. The third-order valence-electron chi connectivity index (χ3n) is 3.06. The van der Waals surface area contributed by atoms with Crippen LogP contribution in [0.3, 0.4) is 0 Å². The van der Waals surface area contributed by atoms with Crippen LogP contribution in [-0.2, 0) is 12.4 Å². The number of anilines is 1. The van der Waals surface area contributed by atoms with Gasteiger partial charge in [0.25, 0.3) is 5.56 Å². The van der Waals surface area contributed by atoms with Crippen LogP contribution in [0.25, 0.3) is 5.69 Å². The lowest BCUT2D eigenvalue weighted by Gasteiger charge is -2.18. The number of nitrogens with one attached hydrogen (secondary N) is 1. The van der Waals surface area contributed by atoms with Crippen molar-refractivity contribution in [1.82, 2.24) is 4.57 Å². The monoisotopic (exact) mass is 466 g/mol. The first-order chi connectivity index (χ1) is 11.4. The van der Waals surface area contributed by atoms with E-state index < -0.39 is 38.5 Å². The molecule has 2 rings (SSSR count). The van der Waals surface area contributed by atoms with Gasteiger partial charge >= 0.3 is 12.4 Å². The zero-order chi connectivity index (χ0) is 19.2. The van der Waals surface area contributed by atoms with Gasteiger partial charge in [0.1, 0.15) is 0 Å². The number of pyridine rings is 1. The molecule has 25 heavy (non-hydrogen) atoms. The quantitative estimate of drug-likeness (QED) is 0.449. The smallest absolute Gasteiger partial charge is 0.331 e. The maximum atomic E-state index is 12.8. The third kappa shape index (κ3) is 4.09. The van der Waals surface area contributed by atoms with Crippen molar-refractivity contribution in [3.63, 3.8) is 0 Å². The lowest BCUT2D eigenvalue weighted by molar-refractivity contribution is -0.138. The summed E-state index contributed by atoms with van der Waals surface area (Å²) < 4.78 is 79.3. The van der Waals surface area contributed by atoms with Crippen molar-refractivity contribution in [2.75, 3.05) is 4.72 Å². The van der Waals surface area contributed by atoms with Crippen molar-refractivity contribution >= 4 is 46.0 Å². The van der Waals surface area contributed by atoms with Gasteiger partial charge in [-0.15, -0.1) is 0 Å². The zero-order valence-electron chi connectivity index (χ0n) is 11.6. The lowest BCUT2D eigenvalue weighted by atomic mass is 10.1. The van der Waals surface area contributed by atoms with Gasteiger partial charge in [-0.25, -0.2) is 0 Å². The van der Waals surface area contributed by atoms with E-state index in [1.807, 2.05) is 0 Å². The molecule has 0 saturated carbocycles. The summed E-state index contributed by atoms with van der Waals surface area (Å²) >= 11 is 12.2. The van der Waals surface area contributed by atoms with E-state index in [2.05, 4.69) is 33.5 Å². The van der Waals surface area contributed by atoms with E-state index in [0.29, 0.717) is 22.8 Å². The van der Waals surface area contributed by atoms with Gasteiger partial charge in [0.05, 0.1) is 27.5 Å². The highest BCUT2D eigenvalue weighted by atomic mass is 79.9. The van der Waals surface area contributed by atoms with E-state index in [4.69, 9.17) is 11.6 Å². The largest absolute Gasteiger partial charge is 0.417 e. The van der Waals surface area contributed by atoms with E-state index in [0.717, 1.165) is 6.20 Å². The Morgan fingerprint density at radius 3 is 2.16 bits per heavy atom. The molecule has 0 atom stereocenters. The topological polar surface area (TPSA) is 34.0 Å². The van der Waals surface area contributed by atoms with Crippen LogP contribution in [0.15, 0.2) is 33.7 Å².